The molecule has 3 amide bonds. The third-order valence-corrected chi connectivity index (χ3v) is 4.50. The molecule has 1 aliphatic rings. The predicted molar refractivity (Wildman–Crippen MR) is 110 cm³/mol. The maximum absolute atomic E-state index is 12.5. The van der Waals surface area contributed by atoms with Crippen molar-refractivity contribution in [3.05, 3.63) is 23.8 Å². The zero-order valence-corrected chi connectivity index (χ0v) is 17.8. The number of ether oxygens (including phenoxy) is 2. The monoisotopic (exact) mass is 405 g/mol. The number of carbonyl (C=O) groups is 3. The second-order valence-electron chi connectivity index (χ2n) is 8.24. The van der Waals surface area contributed by atoms with E-state index in [0.29, 0.717) is 30.8 Å². The number of aryl methyl sites for hydroxylation is 1. The summed E-state index contributed by atoms with van der Waals surface area (Å²) in [4.78, 5) is 38.5. The minimum Gasteiger partial charge on any atom is -0.495 e. The van der Waals surface area contributed by atoms with Gasteiger partial charge in [-0.1, -0.05) is 6.07 Å². The fraction of sp³-hybridized carbons (Fsp3) is 0.571. The van der Waals surface area contributed by atoms with Gasteiger partial charge >= 0.3 is 6.09 Å². The van der Waals surface area contributed by atoms with E-state index in [1.807, 2.05) is 13.0 Å². The van der Waals surface area contributed by atoms with Gasteiger partial charge in [-0.15, -0.1) is 0 Å². The molecule has 0 spiro atoms. The van der Waals surface area contributed by atoms with E-state index in [2.05, 4.69) is 10.6 Å². The van der Waals surface area contributed by atoms with Crippen LogP contribution in [0.4, 0.5) is 10.5 Å². The molecule has 1 aromatic carbocycles. The lowest BCUT2D eigenvalue weighted by Crippen LogP contribution is -2.47. The average molecular weight is 405 g/mol. The van der Waals surface area contributed by atoms with Gasteiger partial charge in [0.25, 0.3) is 0 Å². The van der Waals surface area contributed by atoms with Crippen molar-refractivity contribution in [1.29, 1.82) is 0 Å². The Bertz CT molecular complexity index is 757. The predicted octanol–water partition coefficient (Wildman–Crippen LogP) is 2.71. The molecule has 1 atom stereocenters. The van der Waals surface area contributed by atoms with Crippen molar-refractivity contribution in [2.24, 2.45) is 5.92 Å². The number of amides is 3. The van der Waals surface area contributed by atoms with Gasteiger partial charge in [-0.2, -0.15) is 0 Å². The molecule has 0 unspecified atom stereocenters. The first-order chi connectivity index (χ1) is 13.6. The van der Waals surface area contributed by atoms with Crippen molar-refractivity contribution in [3.8, 4) is 5.75 Å². The lowest BCUT2D eigenvalue weighted by molar-refractivity contribution is -0.128. The Morgan fingerprint density at radius 2 is 1.97 bits per heavy atom. The van der Waals surface area contributed by atoms with Crippen molar-refractivity contribution >= 4 is 23.6 Å². The SMILES string of the molecule is COc1ccc(C)cc1NC(=O)CNC(=O)[C@H]1CCCN(C(=O)OC(C)(C)C)C1. The number of rotatable bonds is 5. The standard InChI is InChI=1S/C21H31N3O5/c1-14-8-9-17(28-5)16(11-14)23-18(25)12-22-19(26)15-7-6-10-24(13-15)20(27)29-21(2,3)4/h8-9,11,15H,6-7,10,12-13H2,1-5H3,(H,22,26)(H,23,25)/t15-/m0/s1. The summed E-state index contributed by atoms with van der Waals surface area (Å²) in [6, 6.07) is 5.46. The molecular weight excluding hydrogens is 374 g/mol. The molecule has 2 N–H and O–H groups in total. The van der Waals surface area contributed by atoms with Crippen LogP contribution in [0, 0.1) is 12.8 Å². The second kappa shape index (κ2) is 9.62. The summed E-state index contributed by atoms with van der Waals surface area (Å²) >= 11 is 0. The Morgan fingerprint density at radius 3 is 2.62 bits per heavy atom. The molecule has 1 aromatic rings. The van der Waals surface area contributed by atoms with Crippen LogP contribution >= 0.6 is 0 Å². The van der Waals surface area contributed by atoms with Crippen molar-refractivity contribution < 1.29 is 23.9 Å². The van der Waals surface area contributed by atoms with Gasteiger partial charge in [0.15, 0.2) is 0 Å². The zero-order chi connectivity index (χ0) is 21.6. The van der Waals surface area contributed by atoms with E-state index < -0.39 is 11.7 Å². The molecular formula is C21H31N3O5. The van der Waals surface area contributed by atoms with E-state index in [0.717, 1.165) is 5.56 Å². The van der Waals surface area contributed by atoms with E-state index >= 15 is 0 Å². The van der Waals surface area contributed by atoms with Crippen LogP contribution in [0.5, 0.6) is 5.75 Å². The van der Waals surface area contributed by atoms with Gasteiger partial charge in [0, 0.05) is 13.1 Å². The van der Waals surface area contributed by atoms with Gasteiger partial charge in [-0.25, -0.2) is 4.79 Å². The first kappa shape index (κ1) is 22.5. The molecule has 2 rings (SSSR count). The van der Waals surface area contributed by atoms with E-state index in [-0.39, 0.29) is 30.8 Å². The number of piperidine rings is 1. The van der Waals surface area contributed by atoms with Crippen molar-refractivity contribution in [2.45, 2.75) is 46.1 Å². The summed E-state index contributed by atoms with van der Waals surface area (Å²) in [7, 11) is 1.53. The first-order valence-corrected chi connectivity index (χ1v) is 9.79. The summed E-state index contributed by atoms with van der Waals surface area (Å²) in [6.07, 6.45) is 0.960. The lowest BCUT2D eigenvalue weighted by atomic mass is 9.97. The highest BCUT2D eigenvalue weighted by Crippen LogP contribution is 2.25. The fourth-order valence-corrected chi connectivity index (χ4v) is 3.11. The lowest BCUT2D eigenvalue weighted by Gasteiger charge is -2.33. The third-order valence-electron chi connectivity index (χ3n) is 4.50. The topological polar surface area (TPSA) is 97.0 Å². The summed E-state index contributed by atoms with van der Waals surface area (Å²) in [6.45, 7) is 8.03. The number of nitrogens with one attached hydrogen (secondary N) is 2. The molecule has 8 heteroatoms. The molecule has 0 radical (unpaired) electrons. The quantitative estimate of drug-likeness (QED) is 0.785. The first-order valence-electron chi connectivity index (χ1n) is 9.79. The highest BCUT2D eigenvalue weighted by molar-refractivity contribution is 5.96. The van der Waals surface area contributed by atoms with Crippen LogP contribution in [0.2, 0.25) is 0 Å². The Hall–Kier alpha value is -2.77. The number of hydrogen-bond donors (Lipinski definition) is 2. The van der Waals surface area contributed by atoms with Gasteiger partial charge in [-0.3, -0.25) is 9.59 Å². The molecule has 0 aromatic heterocycles. The normalized spacial score (nSPS) is 16.7. The largest absolute Gasteiger partial charge is 0.495 e. The van der Waals surface area contributed by atoms with Gasteiger partial charge in [0.05, 0.1) is 25.3 Å². The van der Waals surface area contributed by atoms with Crippen LogP contribution in [-0.4, -0.2) is 55.2 Å². The Kier molecular flexibility index (Phi) is 7.47. The molecule has 0 aliphatic carbocycles. The molecule has 8 nitrogen and oxygen atoms in total. The number of carbonyl (C=O) groups excluding carboxylic acids is 3. The van der Waals surface area contributed by atoms with Gasteiger partial charge in [0.2, 0.25) is 11.8 Å². The highest BCUT2D eigenvalue weighted by Gasteiger charge is 2.31. The highest BCUT2D eigenvalue weighted by atomic mass is 16.6. The van der Waals surface area contributed by atoms with E-state index in [9.17, 15) is 14.4 Å². The number of methoxy groups -OCH3 is 1. The van der Waals surface area contributed by atoms with E-state index in [4.69, 9.17) is 9.47 Å². The van der Waals surface area contributed by atoms with Crippen LogP contribution in [0.25, 0.3) is 0 Å². The summed E-state index contributed by atoms with van der Waals surface area (Å²) in [5.74, 6) is -0.403. The molecule has 0 saturated carbocycles. The van der Waals surface area contributed by atoms with Crippen molar-refractivity contribution in [3.63, 3.8) is 0 Å². The zero-order valence-electron chi connectivity index (χ0n) is 17.8. The molecule has 1 saturated heterocycles. The van der Waals surface area contributed by atoms with Crippen LogP contribution in [0.3, 0.4) is 0 Å². The van der Waals surface area contributed by atoms with Crippen LogP contribution in [0.1, 0.15) is 39.2 Å². The Morgan fingerprint density at radius 1 is 1.24 bits per heavy atom. The number of anilines is 1. The number of likely N-dealkylation sites (tertiary alicyclic amines) is 1. The Balaban J connectivity index is 1.86. The smallest absolute Gasteiger partial charge is 0.410 e. The average Bonchev–Trinajstić information content (AvgIpc) is 2.65. The number of benzene rings is 1. The van der Waals surface area contributed by atoms with E-state index in [1.54, 1.807) is 37.8 Å². The molecule has 1 fully saturated rings. The third kappa shape index (κ3) is 6.96. The minimum atomic E-state index is -0.582. The van der Waals surface area contributed by atoms with Gasteiger partial charge < -0.3 is 25.0 Å². The number of hydrogen-bond acceptors (Lipinski definition) is 5. The van der Waals surface area contributed by atoms with Crippen LogP contribution < -0.4 is 15.4 Å². The van der Waals surface area contributed by atoms with Crippen LogP contribution in [-0.2, 0) is 14.3 Å². The molecule has 160 valence electrons. The summed E-state index contributed by atoms with van der Waals surface area (Å²) in [5.41, 5.74) is 0.955. The number of nitrogens with zero attached hydrogens (tertiary/aromatic N) is 1. The van der Waals surface area contributed by atoms with Crippen molar-refractivity contribution in [1.82, 2.24) is 10.2 Å². The second-order valence-corrected chi connectivity index (χ2v) is 8.24. The van der Waals surface area contributed by atoms with E-state index in [1.165, 1.54) is 7.11 Å². The van der Waals surface area contributed by atoms with Gasteiger partial charge in [0.1, 0.15) is 11.4 Å². The molecule has 29 heavy (non-hydrogen) atoms. The molecule has 0 bridgehead atoms. The van der Waals surface area contributed by atoms with Crippen molar-refractivity contribution in [2.75, 3.05) is 32.1 Å². The van der Waals surface area contributed by atoms with Crippen LogP contribution in [0.15, 0.2) is 18.2 Å². The molecule has 1 aliphatic heterocycles. The minimum absolute atomic E-state index is 0.154. The van der Waals surface area contributed by atoms with Gasteiger partial charge in [-0.05, 0) is 58.2 Å². The molecule has 1 heterocycles. The maximum atomic E-state index is 12.5. The Labute approximate surface area is 171 Å². The summed E-state index contributed by atoms with van der Waals surface area (Å²) < 4.78 is 10.6. The summed E-state index contributed by atoms with van der Waals surface area (Å²) in [5, 5.41) is 5.41. The fourth-order valence-electron chi connectivity index (χ4n) is 3.11. The maximum Gasteiger partial charge on any atom is 0.410 e.